The van der Waals surface area contributed by atoms with Crippen LogP contribution < -0.4 is 10.7 Å². The highest BCUT2D eigenvalue weighted by Crippen LogP contribution is 2.19. The van der Waals surface area contributed by atoms with Crippen molar-refractivity contribution in [2.45, 2.75) is 25.9 Å². The third-order valence-electron chi connectivity index (χ3n) is 3.63. The third-order valence-corrected chi connectivity index (χ3v) is 3.63. The number of rotatable bonds is 6. The van der Waals surface area contributed by atoms with Crippen LogP contribution in [0, 0.1) is 0 Å². The quantitative estimate of drug-likeness (QED) is 0.596. The number of halogens is 3. The summed E-state index contributed by atoms with van der Waals surface area (Å²) in [5, 5.41) is 5.73. The third kappa shape index (κ3) is 6.58. The number of nitrogens with one attached hydrogen (secondary N) is 2. The van der Waals surface area contributed by atoms with E-state index in [4.69, 9.17) is 0 Å². The van der Waals surface area contributed by atoms with Gasteiger partial charge in [0.05, 0.1) is 5.71 Å². The van der Waals surface area contributed by atoms with Gasteiger partial charge in [0.25, 0.3) is 0 Å². The number of aryl methyl sites for hydroxylation is 1. The average Bonchev–Trinajstić information content (AvgIpc) is 2.64. The molecule has 2 aromatic rings. The van der Waals surface area contributed by atoms with Crippen molar-refractivity contribution in [3.05, 3.63) is 65.7 Å². The van der Waals surface area contributed by atoms with E-state index in [2.05, 4.69) is 10.5 Å². The summed E-state index contributed by atoms with van der Waals surface area (Å²) >= 11 is 0. The molecule has 142 valence electrons. The molecular formula is C19H18F3N3O2. The van der Waals surface area contributed by atoms with Crippen molar-refractivity contribution in [2.24, 2.45) is 5.10 Å². The fourth-order valence-electron chi connectivity index (χ4n) is 2.19. The number of carbonyl (C=O) groups is 2. The molecule has 0 fully saturated rings. The molecule has 0 saturated carbocycles. The first kappa shape index (κ1) is 20.2. The zero-order chi connectivity index (χ0) is 19.9. The summed E-state index contributed by atoms with van der Waals surface area (Å²) < 4.78 is 36.9. The van der Waals surface area contributed by atoms with Gasteiger partial charge in [0, 0.05) is 12.1 Å². The Kier molecular flexibility index (Phi) is 6.70. The summed E-state index contributed by atoms with van der Waals surface area (Å²) in [7, 11) is 0. The van der Waals surface area contributed by atoms with Crippen LogP contribution in [0.15, 0.2) is 59.7 Å². The van der Waals surface area contributed by atoms with Crippen LogP contribution in [0.4, 0.5) is 18.9 Å². The van der Waals surface area contributed by atoms with Crippen LogP contribution in [-0.2, 0) is 16.0 Å². The van der Waals surface area contributed by atoms with Crippen molar-refractivity contribution in [1.82, 2.24) is 5.43 Å². The van der Waals surface area contributed by atoms with Crippen LogP contribution in [0.25, 0.3) is 0 Å². The van der Waals surface area contributed by atoms with E-state index in [-0.39, 0.29) is 18.0 Å². The maximum atomic E-state index is 12.3. The van der Waals surface area contributed by atoms with E-state index in [1.807, 2.05) is 30.3 Å². The molecule has 0 aliphatic heterocycles. The summed E-state index contributed by atoms with van der Waals surface area (Å²) in [5.74, 6) is -2.33. The Balaban J connectivity index is 1.94. The Bertz CT molecular complexity index is 834. The van der Waals surface area contributed by atoms with Gasteiger partial charge in [-0.15, -0.1) is 0 Å². The number of hydrazone groups is 1. The average molecular weight is 377 g/mol. The van der Waals surface area contributed by atoms with Gasteiger partial charge in [0.2, 0.25) is 5.91 Å². The van der Waals surface area contributed by atoms with Crippen molar-refractivity contribution in [3.8, 4) is 0 Å². The number of anilines is 1. The van der Waals surface area contributed by atoms with Gasteiger partial charge in [-0.1, -0.05) is 42.5 Å². The topological polar surface area (TPSA) is 70.6 Å². The Labute approximate surface area is 154 Å². The molecule has 2 aromatic carbocycles. The Morgan fingerprint density at radius 1 is 1.04 bits per heavy atom. The second-order valence-electron chi connectivity index (χ2n) is 5.75. The number of nitrogens with zero attached hydrogens (tertiary/aromatic N) is 1. The smallest absolute Gasteiger partial charge is 0.318 e. The molecule has 0 atom stereocenters. The number of carbonyl (C=O) groups excluding carboxylic acids is 2. The molecule has 2 N–H and O–H groups in total. The van der Waals surface area contributed by atoms with Gasteiger partial charge < -0.3 is 5.32 Å². The summed E-state index contributed by atoms with van der Waals surface area (Å²) in [6.07, 6.45) is -4.14. The first-order valence-corrected chi connectivity index (χ1v) is 8.11. The molecule has 2 amide bonds. The van der Waals surface area contributed by atoms with Crippen LogP contribution in [0.1, 0.15) is 24.5 Å². The van der Waals surface area contributed by atoms with Crippen LogP contribution in [0.5, 0.6) is 0 Å². The zero-order valence-corrected chi connectivity index (χ0v) is 14.5. The Hall–Kier alpha value is -3.16. The molecule has 0 heterocycles. The molecule has 0 aromatic heterocycles. The number of hydrogen-bond acceptors (Lipinski definition) is 3. The molecule has 0 aliphatic rings. The first-order valence-electron chi connectivity index (χ1n) is 8.11. The molecule has 0 bridgehead atoms. The maximum Gasteiger partial charge on any atom is 0.471 e. The van der Waals surface area contributed by atoms with Gasteiger partial charge in [0.1, 0.15) is 0 Å². The van der Waals surface area contributed by atoms with Gasteiger partial charge in [0.15, 0.2) is 0 Å². The lowest BCUT2D eigenvalue weighted by Crippen LogP contribution is -2.29. The Morgan fingerprint density at radius 2 is 1.74 bits per heavy atom. The highest BCUT2D eigenvalue weighted by Gasteiger charge is 2.38. The van der Waals surface area contributed by atoms with E-state index in [1.54, 1.807) is 18.3 Å². The van der Waals surface area contributed by atoms with Gasteiger partial charge in [-0.2, -0.15) is 18.3 Å². The summed E-state index contributed by atoms with van der Waals surface area (Å²) in [5.41, 5.74) is 4.30. The van der Waals surface area contributed by atoms with Crippen molar-refractivity contribution in [1.29, 1.82) is 0 Å². The van der Waals surface area contributed by atoms with E-state index < -0.39 is 12.1 Å². The number of amides is 2. The fourth-order valence-corrected chi connectivity index (χ4v) is 2.19. The summed E-state index contributed by atoms with van der Waals surface area (Å²) in [4.78, 5) is 22.9. The minimum absolute atomic E-state index is 0.0141. The van der Waals surface area contributed by atoms with E-state index >= 15 is 0 Å². The SMILES string of the molecule is CC(=NNC(=O)CCc1ccccc1)c1cccc(NC(=O)C(F)(F)F)c1. The molecule has 0 aliphatic carbocycles. The molecule has 0 spiro atoms. The normalized spacial score (nSPS) is 11.8. The zero-order valence-electron chi connectivity index (χ0n) is 14.5. The highest BCUT2D eigenvalue weighted by atomic mass is 19.4. The Morgan fingerprint density at radius 3 is 2.41 bits per heavy atom. The van der Waals surface area contributed by atoms with Gasteiger partial charge in [-0.3, -0.25) is 9.59 Å². The second-order valence-corrected chi connectivity index (χ2v) is 5.75. The number of alkyl halides is 3. The molecule has 0 saturated heterocycles. The predicted octanol–water partition coefficient (Wildman–Crippen LogP) is 3.66. The summed E-state index contributed by atoms with van der Waals surface area (Å²) in [6.45, 7) is 1.60. The van der Waals surface area contributed by atoms with Crippen molar-refractivity contribution in [2.75, 3.05) is 5.32 Å². The molecule has 5 nitrogen and oxygen atoms in total. The molecule has 27 heavy (non-hydrogen) atoms. The molecule has 0 unspecified atom stereocenters. The minimum atomic E-state index is -4.97. The maximum absolute atomic E-state index is 12.3. The molecule has 8 heteroatoms. The van der Waals surface area contributed by atoms with Gasteiger partial charge in [-0.05, 0) is 36.6 Å². The van der Waals surface area contributed by atoms with E-state index in [0.717, 1.165) is 5.56 Å². The van der Waals surface area contributed by atoms with Gasteiger partial charge >= 0.3 is 12.1 Å². The fraction of sp³-hybridized carbons (Fsp3) is 0.211. The minimum Gasteiger partial charge on any atom is -0.318 e. The largest absolute Gasteiger partial charge is 0.471 e. The monoisotopic (exact) mass is 377 g/mol. The first-order chi connectivity index (χ1) is 12.8. The van der Waals surface area contributed by atoms with Crippen LogP contribution in [0.3, 0.4) is 0 Å². The number of benzene rings is 2. The highest BCUT2D eigenvalue weighted by molar-refractivity contribution is 6.01. The lowest BCUT2D eigenvalue weighted by Gasteiger charge is -2.09. The van der Waals surface area contributed by atoms with Crippen LogP contribution in [-0.4, -0.2) is 23.7 Å². The van der Waals surface area contributed by atoms with E-state index in [0.29, 0.717) is 17.7 Å². The van der Waals surface area contributed by atoms with E-state index in [1.165, 1.54) is 18.2 Å². The standard InChI is InChI=1S/C19H18F3N3O2/c1-13(24-25-17(26)11-10-14-6-3-2-4-7-14)15-8-5-9-16(12-15)23-18(27)19(20,21)22/h2-9,12H,10-11H2,1H3,(H,23,27)(H,25,26). The lowest BCUT2D eigenvalue weighted by atomic mass is 10.1. The van der Waals surface area contributed by atoms with Crippen molar-refractivity contribution < 1.29 is 22.8 Å². The van der Waals surface area contributed by atoms with Crippen LogP contribution in [0.2, 0.25) is 0 Å². The summed E-state index contributed by atoms with van der Waals surface area (Å²) in [6, 6.07) is 15.3. The van der Waals surface area contributed by atoms with Crippen molar-refractivity contribution >= 4 is 23.2 Å². The second kappa shape index (κ2) is 8.98. The lowest BCUT2D eigenvalue weighted by molar-refractivity contribution is -0.167. The molecule has 2 rings (SSSR count). The predicted molar refractivity (Wildman–Crippen MR) is 96.2 cm³/mol. The van der Waals surface area contributed by atoms with Crippen molar-refractivity contribution in [3.63, 3.8) is 0 Å². The molecular weight excluding hydrogens is 359 g/mol. The van der Waals surface area contributed by atoms with Gasteiger partial charge in [-0.25, -0.2) is 5.43 Å². The number of hydrogen-bond donors (Lipinski definition) is 2. The molecule has 0 radical (unpaired) electrons. The van der Waals surface area contributed by atoms with Crippen LogP contribution >= 0.6 is 0 Å². The van der Waals surface area contributed by atoms with E-state index in [9.17, 15) is 22.8 Å².